The van der Waals surface area contributed by atoms with Crippen molar-refractivity contribution in [1.82, 2.24) is 15.1 Å². The fourth-order valence-corrected chi connectivity index (χ4v) is 4.18. The lowest BCUT2D eigenvalue weighted by molar-refractivity contribution is -0.133. The second-order valence-electron chi connectivity index (χ2n) is 7.63. The van der Waals surface area contributed by atoms with Crippen molar-refractivity contribution in [3.05, 3.63) is 34.8 Å². The van der Waals surface area contributed by atoms with E-state index in [0.29, 0.717) is 22.4 Å². The number of aromatic nitrogens is 2. The number of rotatable bonds is 7. The summed E-state index contributed by atoms with van der Waals surface area (Å²) in [6.45, 7) is 5.71. The van der Waals surface area contributed by atoms with Gasteiger partial charge in [0.05, 0.1) is 5.56 Å². The standard InChI is InChI=1S/C21H28N4O3S/c1-15(2)13-18-23-24-21(29-18)22-20(27)16-9-5-6-10-17(16)28-14-19(26)25-11-7-3-4-8-12-25/h5-6,9-10,15H,3-4,7-8,11-14H2,1-2H3,(H,22,24,27). The van der Waals surface area contributed by atoms with Crippen LogP contribution in [-0.2, 0) is 11.2 Å². The molecule has 0 unspecified atom stereocenters. The molecule has 0 aliphatic carbocycles. The lowest BCUT2D eigenvalue weighted by Crippen LogP contribution is -2.35. The Kier molecular flexibility index (Phi) is 7.57. The Morgan fingerprint density at radius 2 is 1.86 bits per heavy atom. The van der Waals surface area contributed by atoms with Crippen molar-refractivity contribution in [1.29, 1.82) is 0 Å². The predicted octanol–water partition coefficient (Wildman–Crippen LogP) is 3.77. The number of carbonyl (C=O) groups excluding carboxylic acids is 2. The van der Waals surface area contributed by atoms with E-state index in [0.717, 1.165) is 50.2 Å². The zero-order chi connectivity index (χ0) is 20.6. The Labute approximate surface area is 175 Å². The number of amides is 2. The number of anilines is 1. The van der Waals surface area contributed by atoms with Crippen molar-refractivity contribution in [2.24, 2.45) is 5.92 Å². The van der Waals surface area contributed by atoms with Crippen LogP contribution in [0.3, 0.4) is 0 Å². The maximum absolute atomic E-state index is 12.7. The van der Waals surface area contributed by atoms with Crippen LogP contribution in [0.1, 0.15) is 54.9 Å². The summed E-state index contributed by atoms with van der Waals surface area (Å²) in [5.74, 6) is 0.502. The van der Waals surface area contributed by atoms with Crippen LogP contribution >= 0.6 is 11.3 Å². The van der Waals surface area contributed by atoms with Gasteiger partial charge in [0.1, 0.15) is 10.8 Å². The average Bonchev–Trinajstić information content (AvgIpc) is 2.95. The summed E-state index contributed by atoms with van der Waals surface area (Å²) in [7, 11) is 0. The lowest BCUT2D eigenvalue weighted by atomic mass is 10.1. The molecule has 1 aliphatic rings. The molecule has 2 aromatic rings. The van der Waals surface area contributed by atoms with E-state index in [1.54, 1.807) is 24.3 Å². The fourth-order valence-electron chi connectivity index (χ4n) is 3.23. The lowest BCUT2D eigenvalue weighted by Gasteiger charge is -2.20. The van der Waals surface area contributed by atoms with E-state index in [9.17, 15) is 9.59 Å². The van der Waals surface area contributed by atoms with Crippen molar-refractivity contribution in [3.63, 3.8) is 0 Å². The zero-order valence-corrected chi connectivity index (χ0v) is 17.8. The van der Waals surface area contributed by atoms with Crippen LogP contribution in [0.5, 0.6) is 5.75 Å². The topological polar surface area (TPSA) is 84.4 Å². The highest BCUT2D eigenvalue weighted by molar-refractivity contribution is 7.15. The molecule has 1 aromatic carbocycles. The summed E-state index contributed by atoms with van der Waals surface area (Å²) in [4.78, 5) is 27.0. The van der Waals surface area contributed by atoms with E-state index in [-0.39, 0.29) is 18.4 Å². The first-order valence-corrected chi connectivity index (χ1v) is 11.0. The Bertz CT molecular complexity index is 829. The first-order chi connectivity index (χ1) is 14.0. The Hall–Kier alpha value is -2.48. The average molecular weight is 417 g/mol. The highest BCUT2D eigenvalue weighted by atomic mass is 32.1. The third-order valence-corrected chi connectivity index (χ3v) is 5.57. The number of nitrogens with one attached hydrogen (secondary N) is 1. The molecule has 29 heavy (non-hydrogen) atoms. The van der Waals surface area contributed by atoms with Gasteiger partial charge in [-0.1, -0.05) is 50.2 Å². The van der Waals surface area contributed by atoms with Crippen molar-refractivity contribution in [2.45, 2.75) is 46.0 Å². The van der Waals surface area contributed by atoms with Crippen LogP contribution in [0, 0.1) is 5.92 Å². The molecule has 1 fully saturated rings. The second kappa shape index (κ2) is 10.3. The van der Waals surface area contributed by atoms with Crippen molar-refractivity contribution in [2.75, 3.05) is 25.0 Å². The van der Waals surface area contributed by atoms with E-state index in [4.69, 9.17) is 4.74 Å². The van der Waals surface area contributed by atoms with Crippen LogP contribution in [0.15, 0.2) is 24.3 Å². The number of benzene rings is 1. The maximum atomic E-state index is 12.7. The van der Waals surface area contributed by atoms with Crippen LogP contribution in [0.2, 0.25) is 0 Å². The molecule has 0 radical (unpaired) electrons. The van der Waals surface area contributed by atoms with Gasteiger partial charge in [-0.25, -0.2) is 0 Å². The summed E-state index contributed by atoms with van der Waals surface area (Å²) in [5, 5.41) is 12.3. The van der Waals surface area contributed by atoms with Gasteiger partial charge in [0.15, 0.2) is 6.61 Å². The molecule has 1 aliphatic heterocycles. The monoisotopic (exact) mass is 416 g/mol. The third kappa shape index (κ3) is 6.25. The number of likely N-dealkylation sites (tertiary alicyclic amines) is 1. The number of ether oxygens (including phenoxy) is 1. The van der Waals surface area contributed by atoms with Crippen molar-refractivity contribution in [3.8, 4) is 5.75 Å². The van der Waals surface area contributed by atoms with Gasteiger partial charge >= 0.3 is 0 Å². The van der Waals surface area contributed by atoms with E-state index < -0.39 is 0 Å². The summed E-state index contributed by atoms with van der Waals surface area (Å²) >= 11 is 1.37. The van der Waals surface area contributed by atoms with Crippen LogP contribution < -0.4 is 10.1 Å². The van der Waals surface area contributed by atoms with Crippen LogP contribution in [0.4, 0.5) is 5.13 Å². The predicted molar refractivity (Wildman–Crippen MR) is 113 cm³/mol. The van der Waals surface area contributed by atoms with Gasteiger partial charge in [-0.05, 0) is 30.9 Å². The summed E-state index contributed by atoms with van der Waals surface area (Å²) < 4.78 is 5.72. The highest BCUT2D eigenvalue weighted by Gasteiger charge is 2.19. The molecule has 2 heterocycles. The SMILES string of the molecule is CC(C)Cc1nnc(NC(=O)c2ccccc2OCC(=O)N2CCCCCC2)s1. The molecule has 3 rings (SSSR count). The van der Waals surface area contributed by atoms with E-state index >= 15 is 0 Å². The smallest absolute Gasteiger partial charge is 0.261 e. The zero-order valence-electron chi connectivity index (χ0n) is 17.0. The molecule has 156 valence electrons. The summed E-state index contributed by atoms with van der Waals surface area (Å²) in [6.07, 6.45) is 5.22. The summed E-state index contributed by atoms with van der Waals surface area (Å²) in [5.41, 5.74) is 0.372. The molecular weight excluding hydrogens is 388 g/mol. The van der Waals surface area contributed by atoms with Crippen molar-refractivity contribution >= 4 is 28.3 Å². The van der Waals surface area contributed by atoms with Gasteiger partial charge in [-0.2, -0.15) is 0 Å². The van der Waals surface area contributed by atoms with E-state index in [1.807, 2.05) is 4.90 Å². The molecule has 0 bridgehead atoms. The minimum Gasteiger partial charge on any atom is -0.483 e. The summed E-state index contributed by atoms with van der Waals surface area (Å²) in [6, 6.07) is 6.93. The first kappa shape index (κ1) is 21.2. The number of carbonyl (C=O) groups is 2. The molecule has 0 atom stereocenters. The van der Waals surface area contributed by atoms with E-state index in [2.05, 4.69) is 29.4 Å². The molecule has 7 nitrogen and oxygen atoms in total. The molecular formula is C21H28N4O3S. The molecule has 0 saturated carbocycles. The second-order valence-corrected chi connectivity index (χ2v) is 8.69. The van der Waals surface area contributed by atoms with Gasteiger partial charge in [-0.15, -0.1) is 10.2 Å². The van der Waals surface area contributed by atoms with Crippen LogP contribution in [0.25, 0.3) is 0 Å². The van der Waals surface area contributed by atoms with Gasteiger partial charge in [-0.3, -0.25) is 14.9 Å². The van der Waals surface area contributed by atoms with E-state index in [1.165, 1.54) is 11.3 Å². The van der Waals surface area contributed by atoms with Gasteiger partial charge in [0, 0.05) is 19.5 Å². The molecule has 2 amide bonds. The van der Waals surface area contributed by atoms with Gasteiger partial charge < -0.3 is 9.64 Å². The maximum Gasteiger partial charge on any atom is 0.261 e. The third-order valence-electron chi connectivity index (χ3n) is 4.71. The molecule has 0 spiro atoms. The Morgan fingerprint density at radius 3 is 2.59 bits per heavy atom. The quantitative estimate of drug-likeness (QED) is 0.743. The minimum atomic E-state index is -0.324. The highest BCUT2D eigenvalue weighted by Crippen LogP contribution is 2.23. The number of para-hydroxylation sites is 1. The first-order valence-electron chi connectivity index (χ1n) is 10.2. The Balaban J connectivity index is 1.61. The molecule has 1 saturated heterocycles. The minimum absolute atomic E-state index is 0.0374. The van der Waals surface area contributed by atoms with Gasteiger partial charge in [0.2, 0.25) is 5.13 Å². The van der Waals surface area contributed by atoms with Crippen molar-refractivity contribution < 1.29 is 14.3 Å². The number of nitrogens with zero attached hydrogens (tertiary/aromatic N) is 3. The fraction of sp³-hybridized carbons (Fsp3) is 0.524. The van der Waals surface area contributed by atoms with Gasteiger partial charge in [0.25, 0.3) is 11.8 Å². The molecule has 1 aromatic heterocycles. The molecule has 1 N–H and O–H groups in total. The molecule has 8 heteroatoms. The number of hydrogen-bond donors (Lipinski definition) is 1. The van der Waals surface area contributed by atoms with Crippen LogP contribution in [-0.4, -0.2) is 46.6 Å². The normalized spacial score (nSPS) is 14.5. The largest absolute Gasteiger partial charge is 0.483 e. The Morgan fingerprint density at radius 1 is 1.14 bits per heavy atom. The number of hydrogen-bond acceptors (Lipinski definition) is 6.